The molecular weight excluding hydrogens is 86.1 g/mol. The molecule has 1 aliphatic heterocycles. The van der Waals surface area contributed by atoms with Gasteiger partial charge in [0.25, 0.3) is 0 Å². The van der Waals surface area contributed by atoms with E-state index in [1.807, 2.05) is 6.92 Å². The predicted octanol–water partition coefficient (Wildman–Crippen LogP) is 0.854. The first-order valence-corrected chi connectivity index (χ1v) is 2.39. The molecule has 0 aromatic rings. The van der Waals surface area contributed by atoms with E-state index in [9.17, 15) is 0 Å². The normalized spacial score (nSPS) is 17.0. The largest absolute Gasteiger partial charge is 0.280 e. The molecule has 0 saturated carbocycles. The minimum Gasteiger partial charge on any atom is -0.280 e. The summed E-state index contributed by atoms with van der Waals surface area (Å²) < 4.78 is 0. The maximum Gasteiger partial charge on any atom is 0.0813 e. The number of hydrogen-bond donors (Lipinski definition) is 0. The Morgan fingerprint density at radius 3 is 2.86 bits per heavy atom. The summed E-state index contributed by atoms with van der Waals surface area (Å²) in [6.45, 7) is 2.84. The minimum atomic E-state index is 0.902. The molecule has 0 spiro atoms. The van der Waals surface area contributed by atoms with Crippen molar-refractivity contribution in [1.29, 1.82) is 0 Å². The zero-order valence-electron chi connectivity index (χ0n) is 4.36. The van der Waals surface area contributed by atoms with Crippen LogP contribution in [0.15, 0.2) is 4.99 Å². The SMILES string of the molecule is CC1=NCCC#C1. The van der Waals surface area contributed by atoms with E-state index in [2.05, 4.69) is 16.8 Å². The number of rotatable bonds is 0. The summed E-state index contributed by atoms with van der Waals surface area (Å²) >= 11 is 0. The Balaban J connectivity index is 2.69. The average molecular weight is 93.1 g/mol. The molecule has 0 aromatic heterocycles. The lowest BCUT2D eigenvalue weighted by Crippen LogP contribution is -1.93. The number of hydrogen-bond acceptors (Lipinski definition) is 1. The van der Waals surface area contributed by atoms with Crippen LogP contribution in [0.1, 0.15) is 13.3 Å². The summed E-state index contributed by atoms with van der Waals surface area (Å²) in [5.74, 6) is 5.84. The second-order valence-corrected chi connectivity index (χ2v) is 1.52. The Labute approximate surface area is 43.5 Å². The fraction of sp³-hybridized carbons (Fsp3) is 0.500. The van der Waals surface area contributed by atoms with Gasteiger partial charge in [0.05, 0.1) is 12.3 Å². The number of aliphatic imine (C=N–C) groups is 1. The second-order valence-electron chi connectivity index (χ2n) is 1.52. The van der Waals surface area contributed by atoms with Gasteiger partial charge in [-0.1, -0.05) is 11.8 Å². The lowest BCUT2D eigenvalue weighted by Gasteiger charge is -1.91. The van der Waals surface area contributed by atoms with Crippen molar-refractivity contribution in [2.24, 2.45) is 4.99 Å². The molecule has 1 aliphatic rings. The average Bonchev–Trinajstić information content (AvgIpc) is 1.69. The van der Waals surface area contributed by atoms with E-state index < -0.39 is 0 Å². The van der Waals surface area contributed by atoms with Gasteiger partial charge in [-0.3, -0.25) is 4.99 Å². The molecule has 0 unspecified atom stereocenters. The van der Waals surface area contributed by atoms with Crippen LogP contribution >= 0.6 is 0 Å². The van der Waals surface area contributed by atoms with E-state index in [4.69, 9.17) is 0 Å². The van der Waals surface area contributed by atoms with E-state index >= 15 is 0 Å². The third-order valence-electron chi connectivity index (χ3n) is 0.855. The zero-order chi connectivity index (χ0) is 5.11. The molecule has 0 N–H and O–H groups in total. The molecule has 1 heteroatoms. The van der Waals surface area contributed by atoms with Gasteiger partial charge in [0.1, 0.15) is 0 Å². The lowest BCUT2D eigenvalue weighted by molar-refractivity contribution is 1.02. The highest BCUT2D eigenvalue weighted by Crippen LogP contribution is 1.86. The molecule has 7 heavy (non-hydrogen) atoms. The highest BCUT2D eigenvalue weighted by atomic mass is 14.7. The van der Waals surface area contributed by atoms with Gasteiger partial charge in [0, 0.05) is 6.42 Å². The van der Waals surface area contributed by atoms with Crippen molar-refractivity contribution in [2.45, 2.75) is 13.3 Å². The summed E-state index contributed by atoms with van der Waals surface area (Å²) in [4.78, 5) is 4.07. The Morgan fingerprint density at radius 1 is 1.71 bits per heavy atom. The summed E-state index contributed by atoms with van der Waals surface area (Å²) in [6, 6.07) is 0. The Morgan fingerprint density at radius 2 is 2.57 bits per heavy atom. The van der Waals surface area contributed by atoms with Gasteiger partial charge in [0.2, 0.25) is 0 Å². The summed E-state index contributed by atoms with van der Waals surface area (Å²) in [5, 5.41) is 0. The zero-order valence-corrected chi connectivity index (χ0v) is 4.36. The van der Waals surface area contributed by atoms with Gasteiger partial charge in [0.15, 0.2) is 0 Å². The standard InChI is InChI=1S/C6H7N/c1-6-4-2-3-5-7-6/h3,5H2,1H3. The Bertz CT molecular complexity index is 145. The lowest BCUT2D eigenvalue weighted by atomic mass is 10.3. The molecule has 1 rings (SSSR count). The van der Waals surface area contributed by atoms with E-state index in [-0.39, 0.29) is 0 Å². The van der Waals surface area contributed by atoms with E-state index in [1.54, 1.807) is 0 Å². The van der Waals surface area contributed by atoms with Crippen LogP contribution in [0.25, 0.3) is 0 Å². The van der Waals surface area contributed by atoms with Crippen molar-refractivity contribution in [1.82, 2.24) is 0 Å². The molecular formula is C6H7N. The van der Waals surface area contributed by atoms with Gasteiger partial charge >= 0.3 is 0 Å². The maximum atomic E-state index is 4.07. The first-order valence-electron chi connectivity index (χ1n) is 2.39. The molecule has 0 fully saturated rings. The van der Waals surface area contributed by atoms with Gasteiger partial charge in [-0.15, -0.1) is 0 Å². The first kappa shape index (κ1) is 4.39. The summed E-state index contributed by atoms with van der Waals surface area (Å²) in [7, 11) is 0. The molecule has 36 valence electrons. The Hall–Kier alpha value is -0.770. The van der Waals surface area contributed by atoms with Crippen LogP contribution in [0.4, 0.5) is 0 Å². The third kappa shape index (κ3) is 1.04. The third-order valence-corrected chi connectivity index (χ3v) is 0.855. The topological polar surface area (TPSA) is 12.4 Å². The summed E-state index contributed by atoms with van der Waals surface area (Å²) in [6.07, 6.45) is 0.942. The van der Waals surface area contributed by atoms with Crippen LogP contribution in [0.2, 0.25) is 0 Å². The van der Waals surface area contributed by atoms with E-state index in [1.165, 1.54) is 0 Å². The van der Waals surface area contributed by atoms with Crippen molar-refractivity contribution in [3.63, 3.8) is 0 Å². The van der Waals surface area contributed by atoms with Crippen molar-refractivity contribution < 1.29 is 0 Å². The predicted molar refractivity (Wildman–Crippen MR) is 30.4 cm³/mol. The fourth-order valence-electron chi connectivity index (χ4n) is 0.509. The smallest absolute Gasteiger partial charge is 0.0813 e. The molecule has 0 aromatic carbocycles. The molecule has 0 bridgehead atoms. The molecule has 1 nitrogen and oxygen atoms in total. The first-order chi connectivity index (χ1) is 3.39. The van der Waals surface area contributed by atoms with Crippen LogP contribution in [-0.2, 0) is 0 Å². The molecule has 0 amide bonds. The van der Waals surface area contributed by atoms with Crippen LogP contribution in [-0.4, -0.2) is 12.3 Å². The molecule has 0 aliphatic carbocycles. The Kier molecular flexibility index (Phi) is 1.12. The molecule has 0 saturated heterocycles. The molecule has 0 radical (unpaired) electrons. The molecule has 0 atom stereocenters. The van der Waals surface area contributed by atoms with Crippen molar-refractivity contribution in [2.75, 3.05) is 6.54 Å². The monoisotopic (exact) mass is 93.1 g/mol. The van der Waals surface area contributed by atoms with Gasteiger partial charge in [-0.05, 0) is 6.92 Å². The number of nitrogens with zero attached hydrogens (tertiary/aromatic N) is 1. The van der Waals surface area contributed by atoms with Crippen LogP contribution < -0.4 is 0 Å². The van der Waals surface area contributed by atoms with Crippen molar-refractivity contribution >= 4 is 5.71 Å². The second kappa shape index (κ2) is 1.79. The minimum absolute atomic E-state index is 0.902. The van der Waals surface area contributed by atoms with E-state index in [0.29, 0.717) is 0 Å². The summed E-state index contributed by atoms with van der Waals surface area (Å²) in [5.41, 5.74) is 0.978. The van der Waals surface area contributed by atoms with Crippen LogP contribution in [0.5, 0.6) is 0 Å². The highest BCUT2D eigenvalue weighted by Gasteiger charge is 1.86. The van der Waals surface area contributed by atoms with Gasteiger partial charge in [-0.25, -0.2) is 0 Å². The van der Waals surface area contributed by atoms with Gasteiger partial charge < -0.3 is 0 Å². The van der Waals surface area contributed by atoms with E-state index in [0.717, 1.165) is 18.7 Å². The van der Waals surface area contributed by atoms with Gasteiger partial charge in [-0.2, -0.15) is 0 Å². The maximum absolute atomic E-state index is 4.07. The van der Waals surface area contributed by atoms with Crippen molar-refractivity contribution in [3.05, 3.63) is 0 Å². The fourth-order valence-corrected chi connectivity index (χ4v) is 0.509. The molecule has 1 heterocycles. The highest BCUT2D eigenvalue weighted by molar-refractivity contribution is 5.98. The van der Waals surface area contributed by atoms with Crippen molar-refractivity contribution in [3.8, 4) is 11.8 Å². The van der Waals surface area contributed by atoms with Crippen LogP contribution in [0.3, 0.4) is 0 Å². The quantitative estimate of drug-likeness (QED) is 0.394. The van der Waals surface area contributed by atoms with Crippen LogP contribution in [0, 0.1) is 11.8 Å².